The van der Waals surface area contributed by atoms with E-state index in [4.69, 9.17) is 0 Å². The summed E-state index contributed by atoms with van der Waals surface area (Å²) >= 11 is 0. The molecule has 0 amide bonds. The van der Waals surface area contributed by atoms with Gasteiger partial charge in [0.15, 0.2) is 0 Å². The molecule has 0 saturated carbocycles. The molecule has 0 spiro atoms. The van der Waals surface area contributed by atoms with Crippen LogP contribution in [0.1, 0.15) is 17.7 Å². The van der Waals surface area contributed by atoms with Crippen LogP contribution in [0.2, 0.25) is 0 Å². The van der Waals surface area contributed by atoms with Crippen molar-refractivity contribution in [2.24, 2.45) is 0 Å². The molecule has 3 heterocycles. The molecule has 0 N–H and O–H groups in total. The molecule has 1 aromatic carbocycles. The quantitative estimate of drug-likeness (QED) is 0.535. The number of hydrogen-bond acceptors (Lipinski definition) is 5. The normalized spacial score (nSPS) is 15.0. The summed E-state index contributed by atoms with van der Waals surface area (Å²) in [4.78, 5) is 22.0. The monoisotopic (exact) mass is 470 g/mol. The molecular formula is C20H16F6N6O. The first-order valence-corrected chi connectivity index (χ1v) is 9.66. The van der Waals surface area contributed by atoms with Crippen molar-refractivity contribution in [2.45, 2.75) is 25.2 Å². The van der Waals surface area contributed by atoms with Crippen molar-refractivity contribution >= 4 is 11.5 Å². The molecule has 4 rings (SSSR count). The fraction of sp³-hybridized carbons (Fsp3) is 0.300. The van der Waals surface area contributed by atoms with Crippen LogP contribution in [0, 0.1) is 5.82 Å². The first kappa shape index (κ1) is 22.6. The number of nitrogens with zero attached hydrogens (tertiary/aromatic N) is 6. The van der Waals surface area contributed by atoms with Gasteiger partial charge in [-0.3, -0.25) is 9.25 Å². The highest BCUT2D eigenvalue weighted by Gasteiger charge is 2.60. The van der Waals surface area contributed by atoms with Crippen molar-refractivity contribution in [2.75, 3.05) is 18.0 Å². The zero-order valence-corrected chi connectivity index (χ0v) is 16.8. The molecule has 13 heteroatoms. The third-order valence-corrected chi connectivity index (χ3v) is 5.08. The molecule has 1 aliphatic rings. The van der Waals surface area contributed by atoms with Crippen LogP contribution >= 0.6 is 0 Å². The van der Waals surface area contributed by atoms with Crippen LogP contribution in [0.15, 0.2) is 53.7 Å². The Kier molecular flexibility index (Phi) is 5.72. The summed E-state index contributed by atoms with van der Waals surface area (Å²) in [5.74, 6) is -5.29. The predicted molar refractivity (Wildman–Crippen MR) is 105 cm³/mol. The lowest BCUT2D eigenvalue weighted by Crippen LogP contribution is -2.35. The Bertz CT molecular complexity index is 1230. The molecule has 33 heavy (non-hydrogen) atoms. The second kappa shape index (κ2) is 8.37. The van der Waals surface area contributed by atoms with E-state index in [0.717, 1.165) is 32.9 Å². The van der Waals surface area contributed by atoms with E-state index in [9.17, 15) is 31.1 Å². The van der Waals surface area contributed by atoms with E-state index < -0.39 is 30.2 Å². The van der Waals surface area contributed by atoms with Gasteiger partial charge in [0.05, 0.1) is 0 Å². The number of halogens is 6. The van der Waals surface area contributed by atoms with Gasteiger partial charge in [-0.25, -0.2) is 14.2 Å². The van der Waals surface area contributed by atoms with E-state index in [1.54, 1.807) is 17.0 Å². The molecule has 174 valence electrons. The van der Waals surface area contributed by atoms with Gasteiger partial charge in [0.2, 0.25) is 5.95 Å². The van der Waals surface area contributed by atoms with Crippen LogP contribution in [0.4, 0.5) is 32.3 Å². The van der Waals surface area contributed by atoms with Gasteiger partial charge in [0.1, 0.15) is 24.5 Å². The van der Waals surface area contributed by atoms with Gasteiger partial charge >= 0.3 is 17.8 Å². The number of rotatable bonds is 5. The second-order valence-corrected chi connectivity index (χ2v) is 7.30. The third-order valence-electron chi connectivity index (χ3n) is 5.08. The second-order valence-electron chi connectivity index (χ2n) is 7.30. The minimum Gasteiger partial charge on any atom is -0.337 e. The Labute approximate surface area is 182 Å². The van der Waals surface area contributed by atoms with E-state index >= 15 is 0 Å². The van der Waals surface area contributed by atoms with Gasteiger partial charge in [-0.15, -0.1) is 0 Å². The summed E-state index contributed by atoms with van der Waals surface area (Å²) < 4.78 is 79.0. The van der Waals surface area contributed by atoms with Crippen LogP contribution in [0.3, 0.4) is 0 Å². The Morgan fingerprint density at radius 3 is 2.36 bits per heavy atom. The number of aromatic nitrogens is 5. The van der Waals surface area contributed by atoms with Crippen molar-refractivity contribution in [3.8, 4) is 0 Å². The average molecular weight is 470 g/mol. The first-order chi connectivity index (χ1) is 15.5. The van der Waals surface area contributed by atoms with Gasteiger partial charge in [-0.2, -0.15) is 32.0 Å². The Hall–Kier alpha value is -3.64. The summed E-state index contributed by atoms with van der Waals surface area (Å²) in [5, 5.41) is 3.23. The fourth-order valence-corrected chi connectivity index (χ4v) is 3.28. The maximum absolute atomic E-state index is 13.4. The van der Waals surface area contributed by atoms with Crippen LogP contribution in [-0.4, -0.2) is 43.6 Å². The van der Waals surface area contributed by atoms with Crippen LogP contribution in [0.5, 0.6) is 0 Å². The van der Waals surface area contributed by atoms with Crippen molar-refractivity contribution in [3.63, 3.8) is 0 Å². The predicted octanol–water partition coefficient (Wildman–Crippen LogP) is 3.43. The molecule has 0 saturated heterocycles. The standard InChI is InChI=1S/C20H16F6N6O/c21-15-3-1-13(2-4-15)14-5-8-30(9-6-14)17-27-11-31(18(33)28-17)12-32-10-7-16(29-32)19(22,23)20(24,25)26/h1-5,7,10-11H,6,8-9,12H2. The Morgan fingerprint density at radius 2 is 1.76 bits per heavy atom. The highest BCUT2D eigenvalue weighted by atomic mass is 19.4. The van der Waals surface area contributed by atoms with Crippen LogP contribution in [0.25, 0.3) is 5.57 Å². The number of anilines is 1. The highest BCUT2D eigenvalue weighted by Crippen LogP contribution is 2.42. The van der Waals surface area contributed by atoms with Crippen molar-refractivity contribution in [1.82, 2.24) is 24.3 Å². The third kappa shape index (κ3) is 4.61. The summed E-state index contributed by atoms with van der Waals surface area (Å²) in [6.45, 7) is 0.467. The zero-order valence-electron chi connectivity index (χ0n) is 16.8. The first-order valence-electron chi connectivity index (χ1n) is 9.66. The lowest BCUT2D eigenvalue weighted by atomic mass is 10.00. The van der Waals surface area contributed by atoms with Gasteiger partial charge in [0.25, 0.3) is 0 Å². The minimum atomic E-state index is -5.78. The molecule has 2 aromatic heterocycles. The van der Waals surface area contributed by atoms with Crippen LogP contribution < -0.4 is 10.6 Å². The van der Waals surface area contributed by atoms with E-state index in [0.29, 0.717) is 25.6 Å². The molecule has 0 unspecified atom stereocenters. The maximum atomic E-state index is 13.4. The van der Waals surface area contributed by atoms with Crippen LogP contribution in [-0.2, 0) is 12.6 Å². The molecule has 3 aromatic rings. The minimum absolute atomic E-state index is 0.149. The SMILES string of the molecule is O=c1nc(N2CC=C(c3ccc(F)cc3)CC2)ncn1Cn1ccc(C(F)(F)C(F)(F)F)n1. The summed E-state index contributed by atoms with van der Waals surface area (Å²) in [6, 6.07) is 6.64. The van der Waals surface area contributed by atoms with Crippen molar-refractivity contribution in [3.05, 3.63) is 76.5 Å². The average Bonchev–Trinajstić information content (AvgIpc) is 3.24. The number of alkyl halides is 5. The smallest absolute Gasteiger partial charge is 0.337 e. The maximum Gasteiger partial charge on any atom is 0.459 e. The van der Waals surface area contributed by atoms with Gasteiger partial charge in [-0.1, -0.05) is 18.2 Å². The molecule has 0 radical (unpaired) electrons. The van der Waals surface area contributed by atoms with Crippen molar-refractivity contribution in [1.29, 1.82) is 0 Å². The zero-order chi connectivity index (χ0) is 23.8. The van der Waals surface area contributed by atoms with Gasteiger partial charge in [-0.05, 0) is 35.8 Å². The Morgan fingerprint density at radius 1 is 1.03 bits per heavy atom. The topological polar surface area (TPSA) is 68.8 Å². The highest BCUT2D eigenvalue weighted by molar-refractivity contribution is 5.68. The van der Waals surface area contributed by atoms with E-state index in [2.05, 4.69) is 15.1 Å². The lowest BCUT2D eigenvalue weighted by molar-refractivity contribution is -0.291. The summed E-state index contributed by atoms with van der Waals surface area (Å²) in [7, 11) is 0. The number of benzene rings is 1. The molecule has 0 aliphatic carbocycles. The molecular weight excluding hydrogens is 454 g/mol. The van der Waals surface area contributed by atoms with Gasteiger partial charge in [0, 0.05) is 19.3 Å². The molecule has 0 fully saturated rings. The largest absolute Gasteiger partial charge is 0.459 e. The molecule has 1 aliphatic heterocycles. The van der Waals surface area contributed by atoms with E-state index in [1.807, 2.05) is 6.08 Å². The van der Waals surface area contributed by atoms with E-state index in [-0.39, 0.29) is 11.8 Å². The van der Waals surface area contributed by atoms with Gasteiger partial charge < -0.3 is 4.90 Å². The number of hydrogen-bond donors (Lipinski definition) is 0. The fourth-order valence-electron chi connectivity index (χ4n) is 3.28. The van der Waals surface area contributed by atoms with E-state index in [1.165, 1.54) is 12.1 Å². The molecule has 0 bridgehead atoms. The molecule has 0 atom stereocenters. The Balaban J connectivity index is 1.45. The lowest BCUT2D eigenvalue weighted by Gasteiger charge is -2.26. The molecule has 7 nitrogen and oxygen atoms in total. The van der Waals surface area contributed by atoms with Crippen molar-refractivity contribution < 1.29 is 26.3 Å². The summed E-state index contributed by atoms with van der Waals surface area (Å²) in [6.07, 6.45) is -1.23. The summed E-state index contributed by atoms with van der Waals surface area (Å²) in [5.41, 5.74) is -0.336.